The Labute approximate surface area is 337 Å². The molecule has 1 unspecified atom stereocenters. The van der Waals surface area contributed by atoms with Gasteiger partial charge in [0.2, 0.25) is 41.4 Å². The van der Waals surface area contributed by atoms with Crippen molar-refractivity contribution in [2.45, 2.75) is 108 Å². The number of carbonyl (C=O) groups is 7. The van der Waals surface area contributed by atoms with Crippen LogP contribution >= 0.6 is 0 Å². The van der Waals surface area contributed by atoms with Crippen LogP contribution in [0.4, 0.5) is 0 Å². The molecule has 3 fully saturated rings. The second-order valence-electron chi connectivity index (χ2n) is 15.9. The minimum atomic E-state index is -1.48. The highest BCUT2D eigenvalue weighted by Crippen LogP contribution is 2.24. The summed E-state index contributed by atoms with van der Waals surface area (Å²) < 4.78 is 0. The Bertz CT molecular complexity index is 2000. The smallest absolute Gasteiger partial charge is 0.246 e. The summed E-state index contributed by atoms with van der Waals surface area (Å²) in [4.78, 5) is 104. The molecule has 0 spiro atoms. The standard InChI is InChI=1S/C42H54N8O8/c1-24(2)19-30-38(54)47-32(21-27-22-43-29-14-8-7-13-28(27)29)42(58)50-18-10-16-34(50)39(55)45-31(20-26-11-5-4-6-12-26)37(53)44-23-35(52)49-17-9-15-33(49)40(56)48-36(25(3)51)41(57)46-30/h4-8,11-14,22,24-25,30-34,36,43,51H,9-10,15-21,23H2,1-3H3,(H,44,53)(H,45,55)(H,46,57)(H,47,54)(H,48,56)/t25-,30-,31-,32?,33-,34-,36-/m0/s1. The molecule has 0 aliphatic carbocycles. The molecule has 16 heteroatoms. The van der Waals surface area contributed by atoms with Gasteiger partial charge >= 0.3 is 0 Å². The molecule has 58 heavy (non-hydrogen) atoms. The van der Waals surface area contributed by atoms with E-state index in [9.17, 15) is 38.7 Å². The third-order valence-corrected chi connectivity index (χ3v) is 11.2. The molecule has 3 aliphatic heterocycles. The highest BCUT2D eigenvalue weighted by Gasteiger charge is 2.42. The van der Waals surface area contributed by atoms with Crippen LogP contribution in [-0.4, -0.2) is 123 Å². The predicted molar refractivity (Wildman–Crippen MR) is 213 cm³/mol. The molecular formula is C42H54N8O8. The van der Waals surface area contributed by atoms with Crippen molar-refractivity contribution < 1.29 is 38.7 Å². The molecule has 0 radical (unpaired) electrons. The first kappa shape index (κ1) is 41.9. The SMILES string of the molecule is CC(C)C[C@@H]1NC(=O)[C@H]([C@H](C)O)NC(=O)[C@@H]2CCCN2C(=O)CNC(=O)[C@H](Cc2ccccc2)NC(=O)[C@@H]2CCCN2C(=O)C(Cc2c[nH]c3ccccc23)NC1=O. The third-order valence-electron chi connectivity index (χ3n) is 11.2. The lowest BCUT2D eigenvalue weighted by Gasteiger charge is -2.31. The van der Waals surface area contributed by atoms with E-state index in [0.29, 0.717) is 19.3 Å². The van der Waals surface area contributed by atoms with Crippen LogP contribution in [-0.2, 0) is 46.4 Å². The van der Waals surface area contributed by atoms with Gasteiger partial charge in [-0.25, -0.2) is 0 Å². The van der Waals surface area contributed by atoms with Crippen LogP contribution in [0.2, 0.25) is 0 Å². The molecule has 7 N–H and O–H groups in total. The first-order valence-corrected chi connectivity index (χ1v) is 20.2. The molecule has 1 aromatic heterocycles. The highest BCUT2D eigenvalue weighted by atomic mass is 16.3. The molecular weight excluding hydrogens is 745 g/mol. The van der Waals surface area contributed by atoms with Gasteiger partial charge in [0.1, 0.15) is 36.3 Å². The number of aromatic amines is 1. The monoisotopic (exact) mass is 798 g/mol. The summed E-state index contributed by atoms with van der Waals surface area (Å²) in [6.07, 6.45) is 2.29. The van der Waals surface area contributed by atoms with Gasteiger partial charge in [0.05, 0.1) is 12.6 Å². The minimum Gasteiger partial charge on any atom is -0.391 e. The maximum Gasteiger partial charge on any atom is 0.246 e. The van der Waals surface area contributed by atoms with E-state index in [1.165, 1.54) is 16.7 Å². The molecule has 3 aliphatic rings. The average molecular weight is 799 g/mol. The molecule has 7 atom stereocenters. The number of rotatable bonds is 7. The molecule has 0 saturated carbocycles. The van der Waals surface area contributed by atoms with Crippen molar-refractivity contribution in [2.24, 2.45) is 5.92 Å². The highest BCUT2D eigenvalue weighted by molar-refractivity contribution is 5.99. The van der Waals surface area contributed by atoms with Gasteiger partial charge in [0, 0.05) is 43.0 Å². The van der Waals surface area contributed by atoms with Gasteiger partial charge in [-0.1, -0.05) is 62.4 Å². The van der Waals surface area contributed by atoms with Crippen molar-refractivity contribution >= 4 is 52.3 Å². The first-order valence-electron chi connectivity index (χ1n) is 20.2. The summed E-state index contributed by atoms with van der Waals surface area (Å²) >= 11 is 0. The van der Waals surface area contributed by atoms with Crippen LogP contribution in [0.1, 0.15) is 64.0 Å². The van der Waals surface area contributed by atoms with Crippen molar-refractivity contribution in [1.29, 1.82) is 0 Å². The Morgan fingerprint density at radius 3 is 2.00 bits per heavy atom. The van der Waals surface area contributed by atoms with Crippen LogP contribution < -0.4 is 26.6 Å². The predicted octanol–water partition coefficient (Wildman–Crippen LogP) is 0.431. The fourth-order valence-corrected chi connectivity index (χ4v) is 8.17. The van der Waals surface area contributed by atoms with Gasteiger partial charge in [-0.05, 0) is 62.1 Å². The lowest BCUT2D eigenvalue weighted by molar-refractivity contribution is -0.142. The number of para-hydroxylation sites is 1. The Hall–Kier alpha value is -5.77. The Morgan fingerprint density at radius 2 is 1.29 bits per heavy atom. The van der Waals surface area contributed by atoms with Crippen molar-refractivity contribution in [1.82, 2.24) is 41.4 Å². The number of carbonyl (C=O) groups excluding carboxylic acids is 7. The summed E-state index contributed by atoms with van der Waals surface area (Å²) in [5, 5.41) is 25.2. The number of hydrogen-bond donors (Lipinski definition) is 7. The van der Waals surface area contributed by atoms with E-state index in [-0.39, 0.29) is 44.7 Å². The van der Waals surface area contributed by atoms with Crippen molar-refractivity contribution in [2.75, 3.05) is 19.6 Å². The third kappa shape index (κ3) is 9.84. The second kappa shape index (κ2) is 18.7. The van der Waals surface area contributed by atoms with Gasteiger partial charge in [0.25, 0.3) is 0 Å². The lowest BCUT2D eigenvalue weighted by Crippen LogP contribution is -2.61. The summed E-state index contributed by atoms with van der Waals surface area (Å²) in [5.74, 6) is -4.48. The molecule has 310 valence electrons. The number of hydrogen-bond acceptors (Lipinski definition) is 8. The fourth-order valence-electron chi connectivity index (χ4n) is 8.17. The number of benzene rings is 2. The molecule has 6 rings (SSSR count). The summed E-state index contributed by atoms with van der Waals surface area (Å²) in [5.41, 5.74) is 2.33. The first-order chi connectivity index (χ1) is 27.8. The number of fused-ring (bicyclic) bond motifs is 3. The zero-order valence-electron chi connectivity index (χ0n) is 33.2. The summed E-state index contributed by atoms with van der Waals surface area (Å²) in [6.45, 7) is 5.06. The minimum absolute atomic E-state index is 0.0546. The van der Waals surface area contributed by atoms with E-state index in [1.54, 1.807) is 6.20 Å². The zero-order valence-corrected chi connectivity index (χ0v) is 33.2. The Morgan fingerprint density at radius 1 is 0.672 bits per heavy atom. The van der Waals surface area contributed by atoms with Gasteiger partial charge in [-0.2, -0.15) is 0 Å². The summed E-state index contributed by atoms with van der Waals surface area (Å²) in [6, 6.07) is 9.72. The van der Waals surface area contributed by atoms with Gasteiger partial charge in [-0.3, -0.25) is 33.6 Å². The molecule has 7 amide bonds. The molecule has 4 heterocycles. The lowest BCUT2D eigenvalue weighted by atomic mass is 9.99. The Kier molecular flexibility index (Phi) is 13.5. The van der Waals surface area contributed by atoms with Crippen molar-refractivity contribution in [3.05, 3.63) is 71.9 Å². The van der Waals surface area contributed by atoms with Crippen LogP contribution in [0.5, 0.6) is 0 Å². The summed E-state index contributed by atoms with van der Waals surface area (Å²) in [7, 11) is 0. The number of nitrogens with one attached hydrogen (secondary N) is 6. The Balaban J connectivity index is 1.36. The van der Waals surface area contributed by atoms with Crippen LogP contribution in [0.15, 0.2) is 60.8 Å². The van der Waals surface area contributed by atoms with Crippen LogP contribution in [0.3, 0.4) is 0 Å². The van der Waals surface area contributed by atoms with Crippen LogP contribution in [0.25, 0.3) is 10.9 Å². The number of aliphatic hydroxyl groups excluding tert-OH is 1. The maximum absolute atomic E-state index is 14.7. The quantitative estimate of drug-likeness (QED) is 0.177. The number of amides is 7. The molecule has 3 saturated heterocycles. The van der Waals surface area contributed by atoms with Gasteiger partial charge < -0.3 is 46.5 Å². The van der Waals surface area contributed by atoms with Crippen molar-refractivity contribution in [3.63, 3.8) is 0 Å². The second-order valence-corrected chi connectivity index (χ2v) is 15.9. The van der Waals surface area contributed by atoms with Crippen LogP contribution in [0, 0.1) is 5.92 Å². The number of aliphatic hydroxyl groups is 1. The average Bonchev–Trinajstić information content (AvgIpc) is 3.98. The molecule has 16 nitrogen and oxygen atoms in total. The van der Waals surface area contributed by atoms with Gasteiger partial charge in [0.15, 0.2) is 0 Å². The molecule has 0 bridgehead atoms. The van der Waals surface area contributed by atoms with Gasteiger partial charge in [-0.15, -0.1) is 0 Å². The topological polar surface area (TPSA) is 222 Å². The number of nitrogens with zero attached hydrogens (tertiary/aromatic N) is 2. The molecule has 3 aromatic rings. The largest absolute Gasteiger partial charge is 0.391 e. The number of aromatic nitrogens is 1. The zero-order chi connectivity index (χ0) is 41.5. The normalized spacial score (nSPS) is 26.3. The number of H-pyrrole nitrogens is 1. The van der Waals surface area contributed by atoms with E-state index in [4.69, 9.17) is 0 Å². The van der Waals surface area contributed by atoms with E-state index in [0.717, 1.165) is 22.0 Å². The fraction of sp³-hybridized carbons (Fsp3) is 0.500. The maximum atomic E-state index is 14.7. The molecule has 2 aromatic carbocycles. The van der Waals surface area contributed by atoms with E-state index in [2.05, 4.69) is 31.6 Å². The van der Waals surface area contributed by atoms with E-state index < -0.39 is 90.3 Å². The van der Waals surface area contributed by atoms with E-state index in [1.807, 2.05) is 68.4 Å². The van der Waals surface area contributed by atoms with E-state index >= 15 is 0 Å². The van der Waals surface area contributed by atoms with Crippen molar-refractivity contribution in [3.8, 4) is 0 Å².